The van der Waals surface area contributed by atoms with E-state index in [1.165, 1.54) is 18.3 Å². The van der Waals surface area contributed by atoms with Crippen molar-refractivity contribution in [3.63, 3.8) is 0 Å². The van der Waals surface area contributed by atoms with E-state index in [9.17, 15) is 13.5 Å². The van der Waals surface area contributed by atoms with Crippen LogP contribution in [-0.4, -0.2) is 27.5 Å². The van der Waals surface area contributed by atoms with Crippen LogP contribution < -0.4 is 0 Å². The predicted octanol–water partition coefficient (Wildman–Crippen LogP) is 2.75. The van der Waals surface area contributed by atoms with Crippen LogP contribution in [0.25, 0.3) is 10.9 Å². The van der Waals surface area contributed by atoms with Gasteiger partial charge in [-0.1, -0.05) is 18.2 Å². The SMILES string of the molecule is O=S(=O)(c1ccccc1)n1c(C(O)c2ccncc2)cc2ccncc21. The first-order chi connectivity index (χ1) is 12.6. The summed E-state index contributed by atoms with van der Waals surface area (Å²) >= 11 is 0. The molecule has 0 aliphatic carbocycles. The highest BCUT2D eigenvalue weighted by molar-refractivity contribution is 7.90. The van der Waals surface area contributed by atoms with E-state index in [0.29, 0.717) is 16.5 Å². The van der Waals surface area contributed by atoms with Gasteiger partial charge in [-0.2, -0.15) is 0 Å². The maximum atomic E-state index is 13.3. The number of benzene rings is 1. The highest BCUT2D eigenvalue weighted by Gasteiger charge is 2.27. The van der Waals surface area contributed by atoms with Gasteiger partial charge in [-0.15, -0.1) is 0 Å². The summed E-state index contributed by atoms with van der Waals surface area (Å²) in [7, 11) is -3.90. The van der Waals surface area contributed by atoms with Gasteiger partial charge in [-0.25, -0.2) is 12.4 Å². The molecule has 1 atom stereocenters. The maximum absolute atomic E-state index is 13.3. The van der Waals surface area contributed by atoms with Gasteiger partial charge in [-0.05, 0) is 42.0 Å². The number of aliphatic hydroxyl groups excluding tert-OH is 1. The molecule has 0 saturated carbocycles. The molecule has 7 heteroatoms. The van der Waals surface area contributed by atoms with Crippen LogP contribution in [0.3, 0.4) is 0 Å². The summed E-state index contributed by atoms with van der Waals surface area (Å²) in [5.74, 6) is 0. The van der Waals surface area contributed by atoms with E-state index in [1.807, 2.05) is 0 Å². The first kappa shape index (κ1) is 16.4. The normalized spacial score (nSPS) is 13.0. The van der Waals surface area contributed by atoms with Crippen LogP contribution in [0.1, 0.15) is 17.4 Å². The molecule has 0 saturated heterocycles. The van der Waals surface area contributed by atoms with Gasteiger partial charge >= 0.3 is 0 Å². The standard InChI is InChI=1S/C19H15N3O3S/c23-19(14-6-9-20-10-7-14)17-12-15-8-11-21-13-18(15)22(17)26(24,25)16-4-2-1-3-5-16/h1-13,19,23H. The van der Waals surface area contributed by atoms with Gasteiger partial charge in [0, 0.05) is 24.0 Å². The Labute approximate surface area is 150 Å². The fourth-order valence-electron chi connectivity index (χ4n) is 2.92. The molecule has 3 heterocycles. The van der Waals surface area contributed by atoms with Crippen LogP contribution >= 0.6 is 0 Å². The monoisotopic (exact) mass is 365 g/mol. The number of aliphatic hydroxyl groups is 1. The second kappa shape index (κ2) is 6.36. The lowest BCUT2D eigenvalue weighted by molar-refractivity contribution is 0.214. The molecule has 1 N–H and O–H groups in total. The molecule has 4 aromatic rings. The molecular formula is C19H15N3O3S. The van der Waals surface area contributed by atoms with Gasteiger partial charge in [0.05, 0.1) is 22.3 Å². The summed E-state index contributed by atoms with van der Waals surface area (Å²) in [6.07, 6.45) is 5.06. The number of hydrogen-bond donors (Lipinski definition) is 1. The molecule has 1 aromatic carbocycles. The van der Waals surface area contributed by atoms with Crippen LogP contribution in [0.4, 0.5) is 0 Å². The van der Waals surface area contributed by atoms with Crippen molar-refractivity contribution in [3.8, 4) is 0 Å². The van der Waals surface area contributed by atoms with E-state index >= 15 is 0 Å². The maximum Gasteiger partial charge on any atom is 0.268 e. The highest BCUT2D eigenvalue weighted by Crippen LogP contribution is 2.31. The van der Waals surface area contributed by atoms with Crippen molar-refractivity contribution in [1.82, 2.24) is 13.9 Å². The second-order valence-electron chi connectivity index (χ2n) is 5.77. The van der Waals surface area contributed by atoms with Gasteiger partial charge in [0.2, 0.25) is 0 Å². The molecule has 0 bridgehead atoms. The quantitative estimate of drug-likeness (QED) is 0.601. The molecule has 6 nitrogen and oxygen atoms in total. The minimum absolute atomic E-state index is 0.143. The Morgan fingerprint density at radius 3 is 2.35 bits per heavy atom. The molecule has 3 aromatic heterocycles. The first-order valence-electron chi connectivity index (χ1n) is 7.93. The Morgan fingerprint density at radius 2 is 1.62 bits per heavy atom. The lowest BCUT2D eigenvalue weighted by Crippen LogP contribution is -2.18. The minimum atomic E-state index is -3.90. The largest absolute Gasteiger partial charge is 0.382 e. The van der Waals surface area contributed by atoms with Gasteiger partial charge in [-0.3, -0.25) is 9.97 Å². The summed E-state index contributed by atoms with van der Waals surface area (Å²) in [6, 6.07) is 14.8. The third-order valence-electron chi connectivity index (χ3n) is 4.17. The van der Waals surface area contributed by atoms with Crippen molar-refractivity contribution in [2.75, 3.05) is 0 Å². The average Bonchev–Trinajstić information content (AvgIpc) is 3.09. The van der Waals surface area contributed by atoms with E-state index in [1.54, 1.807) is 61.1 Å². The van der Waals surface area contributed by atoms with Gasteiger partial charge in [0.15, 0.2) is 0 Å². The zero-order chi connectivity index (χ0) is 18.1. The zero-order valence-electron chi connectivity index (χ0n) is 13.6. The molecule has 0 radical (unpaired) electrons. The van der Waals surface area contributed by atoms with Crippen LogP contribution in [0.5, 0.6) is 0 Å². The van der Waals surface area contributed by atoms with Gasteiger partial charge in [0.1, 0.15) is 6.10 Å². The van der Waals surface area contributed by atoms with Crippen molar-refractivity contribution in [3.05, 3.63) is 90.6 Å². The lowest BCUT2D eigenvalue weighted by Gasteiger charge is -2.16. The van der Waals surface area contributed by atoms with Crippen molar-refractivity contribution in [2.24, 2.45) is 0 Å². The third-order valence-corrected chi connectivity index (χ3v) is 5.93. The van der Waals surface area contributed by atoms with E-state index in [0.717, 1.165) is 3.97 Å². The number of pyridine rings is 2. The van der Waals surface area contributed by atoms with Crippen molar-refractivity contribution >= 4 is 20.9 Å². The Balaban J connectivity index is 1.99. The van der Waals surface area contributed by atoms with Crippen molar-refractivity contribution in [2.45, 2.75) is 11.0 Å². The zero-order valence-corrected chi connectivity index (χ0v) is 14.4. The first-order valence-corrected chi connectivity index (χ1v) is 9.37. The third kappa shape index (κ3) is 2.67. The molecule has 4 rings (SSSR count). The number of hydrogen-bond acceptors (Lipinski definition) is 5. The summed E-state index contributed by atoms with van der Waals surface area (Å²) < 4.78 is 27.7. The van der Waals surface area contributed by atoms with E-state index < -0.39 is 16.1 Å². The molecule has 1 unspecified atom stereocenters. The molecule has 0 fully saturated rings. The van der Waals surface area contributed by atoms with Gasteiger partial charge < -0.3 is 5.11 Å². The molecule has 0 aliphatic rings. The molecule has 26 heavy (non-hydrogen) atoms. The van der Waals surface area contributed by atoms with Crippen molar-refractivity contribution in [1.29, 1.82) is 0 Å². The number of rotatable bonds is 4. The average molecular weight is 365 g/mol. The molecule has 0 aliphatic heterocycles. The Morgan fingerprint density at radius 1 is 0.923 bits per heavy atom. The van der Waals surface area contributed by atoms with E-state index in [4.69, 9.17) is 0 Å². The fraction of sp³-hybridized carbons (Fsp3) is 0.0526. The smallest absolute Gasteiger partial charge is 0.268 e. The number of aromatic nitrogens is 3. The Hall–Kier alpha value is -3.03. The molecule has 0 amide bonds. The minimum Gasteiger partial charge on any atom is -0.382 e. The van der Waals surface area contributed by atoms with Crippen LogP contribution in [0, 0.1) is 0 Å². The lowest BCUT2D eigenvalue weighted by atomic mass is 10.1. The Bertz CT molecular complexity index is 1160. The molecular weight excluding hydrogens is 350 g/mol. The second-order valence-corrected chi connectivity index (χ2v) is 7.56. The fourth-order valence-corrected chi connectivity index (χ4v) is 4.47. The molecule has 0 spiro atoms. The van der Waals surface area contributed by atoms with Crippen LogP contribution in [0.15, 0.2) is 84.3 Å². The predicted molar refractivity (Wildman–Crippen MR) is 97.1 cm³/mol. The molecule has 130 valence electrons. The topological polar surface area (TPSA) is 85.1 Å². The summed E-state index contributed by atoms with van der Waals surface area (Å²) in [5, 5.41) is 11.5. The van der Waals surface area contributed by atoms with E-state index in [2.05, 4.69) is 9.97 Å². The summed E-state index contributed by atoms with van der Waals surface area (Å²) in [6.45, 7) is 0. The summed E-state index contributed by atoms with van der Waals surface area (Å²) in [5.41, 5.74) is 1.22. The van der Waals surface area contributed by atoms with E-state index in [-0.39, 0.29) is 10.6 Å². The highest BCUT2D eigenvalue weighted by atomic mass is 32.2. The Kier molecular flexibility index (Phi) is 4.02. The number of fused-ring (bicyclic) bond motifs is 1. The van der Waals surface area contributed by atoms with Crippen LogP contribution in [-0.2, 0) is 10.0 Å². The summed E-state index contributed by atoms with van der Waals surface area (Å²) in [4.78, 5) is 8.13. The van der Waals surface area contributed by atoms with Crippen molar-refractivity contribution < 1.29 is 13.5 Å². The van der Waals surface area contributed by atoms with Gasteiger partial charge in [0.25, 0.3) is 10.0 Å². The number of nitrogens with zero attached hydrogens (tertiary/aromatic N) is 3. The van der Waals surface area contributed by atoms with Crippen LogP contribution in [0.2, 0.25) is 0 Å².